The van der Waals surface area contributed by atoms with Gasteiger partial charge in [0.1, 0.15) is 6.20 Å². The van der Waals surface area contributed by atoms with Crippen LogP contribution in [0.3, 0.4) is 0 Å². The Hall–Kier alpha value is -0.340. The molecule has 1 aliphatic heterocycles. The third kappa shape index (κ3) is 11.0. The van der Waals surface area contributed by atoms with E-state index in [1.807, 2.05) is 12.5 Å². The van der Waals surface area contributed by atoms with Crippen LogP contribution < -0.4 is 12.4 Å². The quantitative estimate of drug-likeness (QED) is 0.366. The van der Waals surface area contributed by atoms with Gasteiger partial charge in [-0.1, -0.05) is 71.1 Å². The molecule has 21 heavy (non-hydrogen) atoms. The summed E-state index contributed by atoms with van der Waals surface area (Å²) in [6.45, 7) is 3.49. The molecule has 0 spiro atoms. The van der Waals surface area contributed by atoms with Gasteiger partial charge in [-0.05, 0) is 12.8 Å². The van der Waals surface area contributed by atoms with E-state index in [-0.39, 0.29) is 12.4 Å². The molecule has 0 aromatic carbocycles. The zero-order valence-electron chi connectivity index (χ0n) is 14.2. The lowest BCUT2D eigenvalue weighted by atomic mass is 10.1. The van der Waals surface area contributed by atoms with E-state index in [2.05, 4.69) is 25.2 Å². The summed E-state index contributed by atoms with van der Waals surface area (Å²) in [7, 11) is 2.23. The molecule has 0 N–H and O–H groups in total. The van der Waals surface area contributed by atoms with Gasteiger partial charge in [-0.2, -0.15) is 0 Å². The van der Waals surface area contributed by atoms with E-state index < -0.39 is 0 Å². The Balaban J connectivity index is 0.00000400. The maximum atomic E-state index is 4.18. The summed E-state index contributed by atoms with van der Waals surface area (Å²) >= 11 is 0. The van der Waals surface area contributed by atoms with E-state index in [4.69, 9.17) is 0 Å². The van der Waals surface area contributed by atoms with Gasteiger partial charge in [0.15, 0.2) is 6.34 Å². The largest absolute Gasteiger partial charge is 1.00 e. The number of aliphatic imine (C=N–C) groups is 1. The van der Waals surface area contributed by atoms with Gasteiger partial charge >= 0.3 is 0 Å². The summed E-state index contributed by atoms with van der Waals surface area (Å²) in [4.78, 5) is 4.18. The Bertz CT molecular complexity index is 275. The molecular formula is C18H35ClN2. The summed E-state index contributed by atoms with van der Waals surface area (Å²) in [5.41, 5.74) is 0. The number of quaternary nitrogens is 1. The van der Waals surface area contributed by atoms with Crippen LogP contribution in [-0.4, -0.2) is 24.4 Å². The van der Waals surface area contributed by atoms with Gasteiger partial charge in [0, 0.05) is 0 Å². The van der Waals surface area contributed by atoms with Crippen LogP contribution >= 0.6 is 0 Å². The molecule has 0 aromatic heterocycles. The van der Waals surface area contributed by atoms with Crippen molar-refractivity contribution in [1.29, 1.82) is 0 Å². The maximum absolute atomic E-state index is 4.18. The molecule has 124 valence electrons. The van der Waals surface area contributed by atoms with Crippen LogP contribution in [0.4, 0.5) is 0 Å². The molecule has 0 saturated carbocycles. The highest BCUT2D eigenvalue weighted by Gasteiger charge is 2.18. The lowest BCUT2D eigenvalue weighted by molar-refractivity contribution is -0.756. The molecule has 2 nitrogen and oxygen atoms in total. The smallest absolute Gasteiger partial charge is 0.194 e. The fourth-order valence-electron chi connectivity index (χ4n) is 2.85. The number of hydrogen-bond acceptors (Lipinski definition) is 1. The van der Waals surface area contributed by atoms with E-state index in [0.29, 0.717) is 0 Å². The van der Waals surface area contributed by atoms with Gasteiger partial charge in [0.05, 0.1) is 19.8 Å². The number of hydrogen-bond donors (Lipinski definition) is 0. The Kier molecular flexibility index (Phi) is 13.1. The highest BCUT2D eigenvalue weighted by molar-refractivity contribution is 5.50. The van der Waals surface area contributed by atoms with Crippen LogP contribution in [0.25, 0.3) is 0 Å². The van der Waals surface area contributed by atoms with Crippen molar-refractivity contribution in [3.05, 3.63) is 12.4 Å². The highest BCUT2D eigenvalue weighted by atomic mass is 35.5. The molecule has 1 aliphatic rings. The van der Waals surface area contributed by atoms with Crippen molar-refractivity contribution < 1.29 is 16.9 Å². The standard InChI is InChI=1S/C18H35N2.ClH/c1-3-4-5-6-7-8-9-10-11-12-13-14-16-20(2)17-15-19-18-20;/h15,17-18H,3-14,16H2,1-2H3;1H/q+1;/p-1. The first kappa shape index (κ1) is 20.7. The summed E-state index contributed by atoms with van der Waals surface area (Å²) < 4.78 is 0.901. The lowest BCUT2D eigenvalue weighted by Gasteiger charge is -2.21. The van der Waals surface area contributed by atoms with Crippen molar-refractivity contribution in [2.45, 2.75) is 84.0 Å². The summed E-state index contributed by atoms with van der Waals surface area (Å²) in [5.74, 6) is 0. The first-order valence-electron chi connectivity index (χ1n) is 8.84. The molecule has 1 heterocycles. The van der Waals surface area contributed by atoms with Crippen molar-refractivity contribution >= 4 is 6.34 Å². The second-order valence-corrected chi connectivity index (χ2v) is 6.52. The molecule has 1 rings (SSSR count). The summed E-state index contributed by atoms with van der Waals surface area (Å²) in [6.07, 6.45) is 23.2. The predicted molar refractivity (Wildman–Crippen MR) is 89.8 cm³/mol. The maximum Gasteiger partial charge on any atom is 0.194 e. The number of unbranched alkanes of at least 4 members (excludes halogenated alkanes) is 11. The molecule has 0 amide bonds. The molecule has 0 radical (unpaired) electrons. The third-order valence-electron chi connectivity index (χ3n) is 4.32. The average Bonchev–Trinajstić information content (AvgIpc) is 2.87. The first-order valence-corrected chi connectivity index (χ1v) is 8.84. The molecule has 1 atom stereocenters. The van der Waals surface area contributed by atoms with Crippen LogP contribution in [0.2, 0.25) is 0 Å². The van der Waals surface area contributed by atoms with Gasteiger partial charge in [0.2, 0.25) is 0 Å². The Labute approximate surface area is 138 Å². The number of rotatable bonds is 13. The fraction of sp³-hybridized carbons (Fsp3) is 0.833. The van der Waals surface area contributed by atoms with E-state index in [9.17, 15) is 0 Å². The molecule has 0 saturated heterocycles. The molecule has 0 fully saturated rings. The molecule has 1 unspecified atom stereocenters. The molecule has 0 bridgehead atoms. The van der Waals surface area contributed by atoms with Crippen molar-refractivity contribution in [3.63, 3.8) is 0 Å². The van der Waals surface area contributed by atoms with Crippen LogP contribution in [-0.2, 0) is 0 Å². The molecule has 3 heteroatoms. The Morgan fingerprint density at radius 3 is 1.67 bits per heavy atom. The monoisotopic (exact) mass is 314 g/mol. The molecule has 0 aromatic rings. The van der Waals surface area contributed by atoms with Gasteiger partial charge in [-0.25, -0.2) is 4.99 Å². The van der Waals surface area contributed by atoms with Gasteiger partial charge in [-0.3, -0.25) is 4.48 Å². The van der Waals surface area contributed by atoms with E-state index in [0.717, 1.165) is 4.48 Å². The van der Waals surface area contributed by atoms with Crippen molar-refractivity contribution in [2.24, 2.45) is 4.99 Å². The zero-order valence-corrected chi connectivity index (χ0v) is 15.0. The minimum Gasteiger partial charge on any atom is -1.00 e. The minimum atomic E-state index is 0. The topological polar surface area (TPSA) is 12.4 Å². The SMILES string of the molecule is CCCCCCCCCCCCCC[N+]1(C)C=CN=C1.[Cl-]. The van der Waals surface area contributed by atoms with Gasteiger partial charge < -0.3 is 12.4 Å². The third-order valence-corrected chi connectivity index (χ3v) is 4.32. The number of halogens is 1. The van der Waals surface area contributed by atoms with Crippen molar-refractivity contribution in [2.75, 3.05) is 13.6 Å². The van der Waals surface area contributed by atoms with Crippen LogP contribution in [0, 0.1) is 0 Å². The van der Waals surface area contributed by atoms with E-state index in [1.54, 1.807) is 0 Å². The second kappa shape index (κ2) is 13.3. The lowest BCUT2D eigenvalue weighted by Crippen LogP contribution is -3.00. The highest BCUT2D eigenvalue weighted by Crippen LogP contribution is 2.14. The average molecular weight is 315 g/mol. The Morgan fingerprint density at radius 2 is 1.24 bits per heavy atom. The summed E-state index contributed by atoms with van der Waals surface area (Å²) in [5, 5.41) is 0. The van der Waals surface area contributed by atoms with Crippen LogP contribution in [0.1, 0.15) is 84.0 Å². The molecular weight excluding hydrogens is 280 g/mol. The minimum absolute atomic E-state index is 0. The number of nitrogens with zero attached hydrogens (tertiary/aromatic N) is 2. The normalized spacial score (nSPS) is 19.9. The molecule has 0 aliphatic carbocycles. The van der Waals surface area contributed by atoms with Crippen molar-refractivity contribution in [1.82, 2.24) is 0 Å². The van der Waals surface area contributed by atoms with E-state index in [1.165, 1.54) is 83.6 Å². The Morgan fingerprint density at radius 1 is 0.762 bits per heavy atom. The fourth-order valence-corrected chi connectivity index (χ4v) is 2.85. The zero-order chi connectivity index (χ0) is 14.5. The predicted octanol–water partition coefficient (Wildman–Crippen LogP) is 2.65. The van der Waals surface area contributed by atoms with Crippen molar-refractivity contribution in [3.8, 4) is 0 Å². The van der Waals surface area contributed by atoms with E-state index >= 15 is 0 Å². The van der Waals surface area contributed by atoms with Gasteiger partial charge in [0.25, 0.3) is 0 Å². The van der Waals surface area contributed by atoms with Crippen LogP contribution in [0.15, 0.2) is 17.4 Å². The van der Waals surface area contributed by atoms with Crippen LogP contribution in [0.5, 0.6) is 0 Å². The second-order valence-electron chi connectivity index (χ2n) is 6.52. The summed E-state index contributed by atoms with van der Waals surface area (Å²) in [6, 6.07) is 0. The first-order chi connectivity index (χ1) is 9.77. The van der Waals surface area contributed by atoms with Gasteiger partial charge in [-0.15, -0.1) is 0 Å².